The molecule has 1 atom stereocenters. The van der Waals surface area contributed by atoms with E-state index < -0.39 is 5.60 Å². The molecule has 0 fully saturated rings. The SMILES string of the molecule is CCOC(CC)(CC)C(NN)c1c(OC)cccc1OC. The Morgan fingerprint density at radius 2 is 1.62 bits per heavy atom. The third-order valence-corrected chi connectivity index (χ3v) is 4.08. The molecule has 0 saturated heterocycles. The molecule has 0 bridgehead atoms. The predicted octanol–water partition coefficient (Wildman–Crippen LogP) is 2.80. The van der Waals surface area contributed by atoms with E-state index in [0.29, 0.717) is 6.61 Å². The van der Waals surface area contributed by atoms with Gasteiger partial charge in [0.25, 0.3) is 0 Å². The van der Waals surface area contributed by atoms with Crippen LogP contribution in [-0.2, 0) is 4.74 Å². The summed E-state index contributed by atoms with van der Waals surface area (Å²) in [5.74, 6) is 7.36. The minimum absolute atomic E-state index is 0.224. The molecule has 1 aromatic carbocycles. The van der Waals surface area contributed by atoms with E-state index in [1.165, 1.54) is 0 Å². The Hall–Kier alpha value is -1.30. The Bertz CT molecular complexity index is 411. The van der Waals surface area contributed by atoms with Crippen molar-refractivity contribution in [2.75, 3.05) is 20.8 Å². The van der Waals surface area contributed by atoms with Gasteiger partial charge in [-0.2, -0.15) is 0 Å². The van der Waals surface area contributed by atoms with E-state index in [-0.39, 0.29) is 6.04 Å². The van der Waals surface area contributed by atoms with E-state index in [4.69, 9.17) is 20.1 Å². The first-order valence-electron chi connectivity index (χ1n) is 7.44. The summed E-state index contributed by atoms with van der Waals surface area (Å²) < 4.78 is 17.1. The van der Waals surface area contributed by atoms with Gasteiger partial charge in [0, 0.05) is 6.61 Å². The lowest BCUT2D eigenvalue weighted by atomic mass is 9.83. The lowest BCUT2D eigenvalue weighted by Gasteiger charge is -2.40. The van der Waals surface area contributed by atoms with Gasteiger partial charge in [-0.1, -0.05) is 19.9 Å². The highest BCUT2D eigenvalue weighted by atomic mass is 16.5. The molecular weight excluding hydrogens is 268 g/mol. The first-order chi connectivity index (χ1) is 10.1. The normalized spacial score (nSPS) is 13.0. The van der Waals surface area contributed by atoms with Crippen LogP contribution in [0, 0.1) is 0 Å². The van der Waals surface area contributed by atoms with Gasteiger partial charge in [-0.05, 0) is 31.9 Å². The summed E-state index contributed by atoms with van der Waals surface area (Å²) in [5.41, 5.74) is 3.39. The van der Waals surface area contributed by atoms with E-state index in [2.05, 4.69) is 19.3 Å². The van der Waals surface area contributed by atoms with Gasteiger partial charge in [0.15, 0.2) is 0 Å². The van der Waals surface area contributed by atoms with Crippen LogP contribution < -0.4 is 20.7 Å². The molecule has 3 N–H and O–H groups in total. The molecule has 1 unspecified atom stereocenters. The average Bonchev–Trinajstić information content (AvgIpc) is 2.54. The number of hydrogen-bond donors (Lipinski definition) is 2. The van der Waals surface area contributed by atoms with Crippen LogP contribution in [-0.4, -0.2) is 26.4 Å². The number of nitrogens with two attached hydrogens (primary N) is 1. The zero-order valence-electron chi connectivity index (χ0n) is 13.7. The van der Waals surface area contributed by atoms with Crippen LogP contribution in [0.25, 0.3) is 0 Å². The van der Waals surface area contributed by atoms with E-state index in [9.17, 15) is 0 Å². The largest absolute Gasteiger partial charge is 0.496 e. The van der Waals surface area contributed by atoms with Crippen molar-refractivity contribution in [1.29, 1.82) is 0 Å². The second-order valence-electron chi connectivity index (χ2n) is 4.88. The van der Waals surface area contributed by atoms with Crippen LogP contribution in [0.4, 0.5) is 0 Å². The molecule has 0 amide bonds. The average molecular weight is 296 g/mol. The van der Waals surface area contributed by atoms with Gasteiger partial charge < -0.3 is 14.2 Å². The molecule has 0 aliphatic heterocycles. The van der Waals surface area contributed by atoms with Crippen molar-refractivity contribution in [3.63, 3.8) is 0 Å². The summed E-state index contributed by atoms with van der Waals surface area (Å²) in [7, 11) is 3.29. The van der Waals surface area contributed by atoms with Gasteiger partial charge in [-0.25, -0.2) is 5.43 Å². The molecule has 0 spiro atoms. The molecule has 0 saturated carbocycles. The Morgan fingerprint density at radius 3 is 1.95 bits per heavy atom. The summed E-state index contributed by atoms with van der Waals surface area (Å²) in [6, 6.07) is 5.49. The van der Waals surface area contributed by atoms with Gasteiger partial charge in [0.1, 0.15) is 11.5 Å². The number of hydrazine groups is 1. The van der Waals surface area contributed by atoms with Crippen molar-refractivity contribution in [2.24, 2.45) is 5.84 Å². The number of rotatable bonds is 9. The second kappa shape index (κ2) is 8.22. The molecule has 120 valence electrons. The van der Waals surface area contributed by atoms with Crippen molar-refractivity contribution in [3.8, 4) is 11.5 Å². The van der Waals surface area contributed by atoms with Crippen LogP contribution in [0.1, 0.15) is 45.2 Å². The highest BCUT2D eigenvalue weighted by Gasteiger charge is 2.40. The lowest BCUT2D eigenvalue weighted by Crippen LogP contribution is -2.48. The smallest absolute Gasteiger partial charge is 0.127 e. The van der Waals surface area contributed by atoms with Gasteiger partial charge in [-0.15, -0.1) is 0 Å². The molecular formula is C16H28N2O3. The fraction of sp³-hybridized carbons (Fsp3) is 0.625. The van der Waals surface area contributed by atoms with Crippen LogP contribution in [0.2, 0.25) is 0 Å². The Morgan fingerprint density at radius 1 is 1.10 bits per heavy atom. The maximum absolute atomic E-state index is 6.08. The van der Waals surface area contributed by atoms with Crippen molar-refractivity contribution >= 4 is 0 Å². The van der Waals surface area contributed by atoms with E-state index in [0.717, 1.165) is 29.9 Å². The molecule has 0 aliphatic rings. The van der Waals surface area contributed by atoms with Crippen molar-refractivity contribution < 1.29 is 14.2 Å². The van der Waals surface area contributed by atoms with Crippen molar-refractivity contribution in [2.45, 2.75) is 45.3 Å². The number of ether oxygens (including phenoxy) is 3. The summed E-state index contributed by atoms with van der Waals surface area (Å²) in [6.45, 7) is 6.82. The maximum atomic E-state index is 6.08. The van der Waals surface area contributed by atoms with E-state index in [1.807, 2.05) is 25.1 Å². The molecule has 5 heteroatoms. The minimum Gasteiger partial charge on any atom is -0.496 e. The molecule has 0 aromatic heterocycles. The van der Waals surface area contributed by atoms with Crippen molar-refractivity contribution in [1.82, 2.24) is 5.43 Å². The lowest BCUT2D eigenvalue weighted by molar-refractivity contribution is -0.0742. The number of nitrogens with one attached hydrogen (secondary N) is 1. The van der Waals surface area contributed by atoms with Gasteiger partial charge >= 0.3 is 0 Å². The van der Waals surface area contributed by atoms with E-state index in [1.54, 1.807) is 14.2 Å². The molecule has 0 heterocycles. The summed E-state index contributed by atoms with van der Waals surface area (Å²) >= 11 is 0. The van der Waals surface area contributed by atoms with Crippen molar-refractivity contribution in [3.05, 3.63) is 23.8 Å². The summed E-state index contributed by atoms with van der Waals surface area (Å²) in [6.07, 6.45) is 1.65. The molecule has 1 aromatic rings. The third kappa shape index (κ3) is 3.48. The van der Waals surface area contributed by atoms with Gasteiger partial charge in [-0.3, -0.25) is 5.84 Å². The second-order valence-corrected chi connectivity index (χ2v) is 4.88. The molecule has 5 nitrogen and oxygen atoms in total. The van der Waals surface area contributed by atoms with Gasteiger partial charge in [0.2, 0.25) is 0 Å². The van der Waals surface area contributed by atoms with Crippen LogP contribution in [0.5, 0.6) is 11.5 Å². The number of benzene rings is 1. The zero-order valence-corrected chi connectivity index (χ0v) is 13.7. The summed E-state index contributed by atoms with van der Waals surface area (Å²) in [4.78, 5) is 0. The summed E-state index contributed by atoms with van der Waals surface area (Å²) in [5, 5.41) is 0. The Balaban J connectivity index is 3.43. The zero-order chi connectivity index (χ0) is 15.9. The third-order valence-electron chi connectivity index (χ3n) is 4.08. The standard InChI is InChI=1S/C16H28N2O3/c1-6-16(7-2,21-8-3)15(18-17)14-12(19-4)10-9-11-13(14)20-5/h9-11,15,18H,6-8,17H2,1-5H3. The first kappa shape index (κ1) is 17.8. The predicted molar refractivity (Wildman–Crippen MR) is 84.5 cm³/mol. The minimum atomic E-state index is -0.411. The number of methoxy groups -OCH3 is 2. The molecule has 21 heavy (non-hydrogen) atoms. The van der Waals surface area contributed by atoms with Crippen LogP contribution >= 0.6 is 0 Å². The fourth-order valence-corrected chi connectivity index (χ4v) is 2.90. The first-order valence-corrected chi connectivity index (χ1v) is 7.44. The Kier molecular flexibility index (Phi) is 6.95. The van der Waals surface area contributed by atoms with Crippen LogP contribution in [0.15, 0.2) is 18.2 Å². The Labute approximate surface area is 127 Å². The topological polar surface area (TPSA) is 65.7 Å². The molecule has 0 radical (unpaired) electrons. The van der Waals surface area contributed by atoms with Gasteiger partial charge in [0.05, 0.1) is 31.4 Å². The van der Waals surface area contributed by atoms with E-state index >= 15 is 0 Å². The molecule has 0 aliphatic carbocycles. The highest BCUT2D eigenvalue weighted by Crippen LogP contribution is 2.43. The fourth-order valence-electron chi connectivity index (χ4n) is 2.90. The maximum Gasteiger partial charge on any atom is 0.127 e. The highest BCUT2D eigenvalue weighted by molar-refractivity contribution is 5.48. The molecule has 1 rings (SSSR count). The van der Waals surface area contributed by atoms with Crippen LogP contribution in [0.3, 0.4) is 0 Å². The number of hydrogen-bond acceptors (Lipinski definition) is 5. The quantitative estimate of drug-likeness (QED) is 0.542. The monoisotopic (exact) mass is 296 g/mol.